The number of rotatable bonds is 9. The summed E-state index contributed by atoms with van der Waals surface area (Å²) in [6.45, 7) is -1.76. The van der Waals surface area contributed by atoms with Crippen molar-refractivity contribution < 1.29 is 68.1 Å². The van der Waals surface area contributed by atoms with Crippen LogP contribution in [0.25, 0.3) is 0 Å². The van der Waals surface area contributed by atoms with E-state index < -0.39 is 101 Å². The van der Waals surface area contributed by atoms with E-state index in [1.54, 1.807) is 0 Å². The standard InChI is InChI=1S/C16H26N2O16P2/c19-3-6-9(21)11(23)13(25)15(33-6)34-36(29,30)5-35(27,28)31-4-7-10(22)12(24)14(32-7)18-2-1-8(20)17-16(18)26/h1-2,6-7,9-15,19,21-25H,3-5H2,(H,27,28)(H,29,30)(H,17,20,26)/t6-,7-,9+,10-,11+,12-,13-,14-,15-/m1/s1. The molecule has 2 fully saturated rings. The lowest BCUT2D eigenvalue weighted by Crippen LogP contribution is -2.58. The molecule has 0 bridgehead atoms. The number of aromatic nitrogens is 2. The van der Waals surface area contributed by atoms with Crippen molar-refractivity contribution in [3.8, 4) is 0 Å². The first-order chi connectivity index (χ1) is 16.7. The number of ether oxygens (including phenoxy) is 2. The molecule has 0 saturated carbocycles. The van der Waals surface area contributed by atoms with Gasteiger partial charge in [0.1, 0.15) is 42.7 Å². The molecule has 2 aliphatic heterocycles. The minimum Gasteiger partial charge on any atom is -0.394 e. The highest BCUT2D eigenvalue weighted by molar-refractivity contribution is 7.70. The second-order valence-electron chi connectivity index (χ2n) is 8.08. The van der Waals surface area contributed by atoms with Gasteiger partial charge in [-0.25, -0.2) is 4.79 Å². The molecule has 3 heterocycles. The smallest absolute Gasteiger partial charge is 0.342 e. The largest absolute Gasteiger partial charge is 0.394 e. The number of hydrogen-bond donors (Lipinski definition) is 9. The Hall–Kier alpha value is -1.34. The fraction of sp³-hybridized carbons (Fsp3) is 0.750. The van der Waals surface area contributed by atoms with Crippen molar-refractivity contribution >= 4 is 15.2 Å². The van der Waals surface area contributed by atoms with Crippen molar-refractivity contribution in [3.63, 3.8) is 0 Å². The van der Waals surface area contributed by atoms with Gasteiger partial charge in [-0.15, -0.1) is 0 Å². The summed E-state index contributed by atoms with van der Waals surface area (Å²) >= 11 is 0. The summed E-state index contributed by atoms with van der Waals surface area (Å²) in [6, 6.07) is 0.948. The van der Waals surface area contributed by atoms with E-state index in [-0.39, 0.29) is 0 Å². The summed E-state index contributed by atoms with van der Waals surface area (Å²) in [5.41, 5.74) is -1.70. The van der Waals surface area contributed by atoms with Crippen LogP contribution in [-0.2, 0) is 27.7 Å². The highest BCUT2D eigenvalue weighted by Gasteiger charge is 2.49. The highest BCUT2D eigenvalue weighted by Crippen LogP contribution is 2.59. The van der Waals surface area contributed by atoms with E-state index in [4.69, 9.17) is 19.1 Å². The van der Waals surface area contributed by atoms with Gasteiger partial charge in [0.25, 0.3) is 5.56 Å². The van der Waals surface area contributed by atoms with E-state index in [2.05, 4.69) is 4.52 Å². The zero-order valence-electron chi connectivity index (χ0n) is 18.2. The number of aromatic amines is 1. The average molecular weight is 564 g/mol. The first-order valence-corrected chi connectivity index (χ1v) is 13.8. The van der Waals surface area contributed by atoms with Gasteiger partial charge in [0.05, 0.1) is 13.2 Å². The third-order valence-corrected chi connectivity index (χ3v) is 9.33. The van der Waals surface area contributed by atoms with Crippen molar-refractivity contribution in [2.45, 2.75) is 55.2 Å². The quantitative estimate of drug-likeness (QED) is 0.127. The molecule has 36 heavy (non-hydrogen) atoms. The van der Waals surface area contributed by atoms with Gasteiger partial charge >= 0.3 is 20.9 Å². The average Bonchev–Trinajstić information content (AvgIpc) is 3.06. The first kappa shape index (κ1) is 29.2. The maximum atomic E-state index is 12.4. The molecule has 0 aliphatic carbocycles. The molecular weight excluding hydrogens is 538 g/mol. The minimum atomic E-state index is -5.09. The summed E-state index contributed by atoms with van der Waals surface area (Å²) in [7, 11) is -10.1. The van der Waals surface area contributed by atoms with Crippen molar-refractivity contribution in [2.24, 2.45) is 0 Å². The lowest BCUT2D eigenvalue weighted by molar-refractivity contribution is -0.278. The number of nitrogens with zero attached hydrogens (tertiary/aromatic N) is 1. The van der Waals surface area contributed by atoms with Gasteiger partial charge < -0.3 is 54.4 Å². The van der Waals surface area contributed by atoms with Gasteiger partial charge in [-0.05, 0) is 0 Å². The predicted octanol–water partition coefficient (Wildman–Crippen LogP) is -4.68. The van der Waals surface area contributed by atoms with Crippen LogP contribution in [0.15, 0.2) is 21.9 Å². The van der Waals surface area contributed by atoms with Gasteiger partial charge in [-0.3, -0.25) is 28.0 Å². The molecule has 0 aromatic carbocycles. The van der Waals surface area contributed by atoms with Gasteiger partial charge in [0.2, 0.25) is 0 Å². The molecular formula is C16H26N2O16P2. The normalized spacial score (nSPS) is 38.4. The Morgan fingerprint density at radius 1 is 0.917 bits per heavy atom. The molecule has 1 aromatic heterocycles. The summed E-state index contributed by atoms with van der Waals surface area (Å²) < 4.78 is 45.1. The molecule has 0 spiro atoms. The van der Waals surface area contributed by atoms with Gasteiger partial charge in [0.15, 0.2) is 18.4 Å². The van der Waals surface area contributed by atoms with Gasteiger partial charge in [-0.2, -0.15) is 0 Å². The fourth-order valence-corrected chi connectivity index (χ4v) is 6.81. The molecule has 206 valence electrons. The zero-order valence-corrected chi connectivity index (χ0v) is 19.9. The molecule has 2 saturated heterocycles. The van der Waals surface area contributed by atoms with Crippen LogP contribution >= 0.6 is 15.2 Å². The summed E-state index contributed by atoms with van der Waals surface area (Å²) in [4.78, 5) is 45.0. The molecule has 0 radical (unpaired) electrons. The Morgan fingerprint density at radius 2 is 1.56 bits per heavy atom. The number of aliphatic hydroxyl groups is 6. The van der Waals surface area contributed by atoms with E-state index in [0.717, 1.165) is 16.8 Å². The number of H-pyrrole nitrogens is 1. The van der Waals surface area contributed by atoms with Crippen LogP contribution in [0.1, 0.15) is 6.23 Å². The highest BCUT2D eigenvalue weighted by atomic mass is 31.2. The maximum absolute atomic E-state index is 12.4. The maximum Gasteiger partial charge on any atom is 0.342 e. The van der Waals surface area contributed by atoms with Gasteiger partial charge in [0, 0.05) is 12.3 Å². The van der Waals surface area contributed by atoms with Crippen molar-refractivity contribution in [1.82, 2.24) is 9.55 Å². The SMILES string of the molecule is O=c1ccn([C@@H]2O[C@H](COP(=O)(O)CP(=O)(O)O[C@H]3O[C@H](CO)[C@H](O)[C@H](O)[C@H]3O)[C@@H](O)[C@H]2O)c(=O)[nH]1. The first-order valence-electron chi connectivity index (χ1n) is 10.3. The van der Waals surface area contributed by atoms with Crippen molar-refractivity contribution in [2.75, 3.05) is 19.1 Å². The lowest BCUT2D eigenvalue weighted by Gasteiger charge is -2.39. The van der Waals surface area contributed by atoms with Crippen LogP contribution in [0, 0.1) is 0 Å². The van der Waals surface area contributed by atoms with Gasteiger partial charge in [-0.1, -0.05) is 0 Å². The predicted molar refractivity (Wildman–Crippen MR) is 113 cm³/mol. The Bertz CT molecular complexity index is 1120. The lowest BCUT2D eigenvalue weighted by atomic mass is 10.00. The topological polar surface area (TPSA) is 288 Å². The van der Waals surface area contributed by atoms with E-state index in [9.17, 15) is 54.0 Å². The van der Waals surface area contributed by atoms with Crippen LogP contribution in [0.3, 0.4) is 0 Å². The second kappa shape index (κ2) is 11.2. The Balaban J connectivity index is 1.61. The molecule has 3 rings (SSSR count). The van der Waals surface area contributed by atoms with Crippen LogP contribution in [-0.4, -0.2) is 118 Å². The second-order valence-corrected chi connectivity index (χ2v) is 12.2. The Kier molecular flexibility index (Phi) is 9.08. The monoisotopic (exact) mass is 564 g/mol. The minimum absolute atomic E-state index is 0.732. The molecule has 2 aliphatic rings. The molecule has 0 amide bonds. The zero-order chi connectivity index (χ0) is 27.0. The van der Waals surface area contributed by atoms with E-state index in [1.165, 1.54) is 0 Å². The van der Waals surface area contributed by atoms with Crippen LogP contribution in [0.4, 0.5) is 0 Å². The molecule has 2 unspecified atom stereocenters. The summed E-state index contributed by atoms with van der Waals surface area (Å²) in [6.07, 6.45) is -14.8. The molecule has 1 aromatic rings. The molecule has 11 atom stereocenters. The van der Waals surface area contributed by atoms with Crippen LogP contribution in [0.5, 0.6) is 0 Å². The third-order valence-electron chi connectivity index (χ3n) is 5.38. The van der Waals surface area contributed by atoms with Crippen LogP contribution < -0.4 is 11.2 Å². The fourth-order valence-electron chi connectivity index (χ4n) is 3.53. The number of aliphatic hydroxyl groups excluding tert-OH is 6. The van der Waals surface area contributed by atoms with Crippen molar-refractivity contribution in [1.29, 1.82) is 0 Å². The van der Waals surface area contributed by atoms with E-state index >= 15 is 0 Å². The summed E-state index contributed by atoms with van der Waals surface area (Å²) in [5.74, 6) is -1.55. The van der Waals surface area contributed by atoms with Crippen LogP contribution in [0.2, 0.25) is 0 Å². The Labute approximate surface area is 201 Å². The third kappa shape index (κ3) is 6.56. The van der Waals surface area contributed by atoms with Crippen molar-refractivity contribution in [3.05, 3.63) is 33.1 Å². The molecule has 20 heteroatoms. The number of nitrogens with one attached hydrogen (secondary N) is 1. The Morgan fingerprint density at radius 3 is 2.17 bits per heavy atom. The summed E-state index contributed by atoms with van der Waals surface area (Å²) in [5, 5.41) is 58.8. The van der Waals surface area contributed by atoms with E-state index in [1.807, 2.05) is 4.98 Å². The van der Waals surface area contributed by atoms with E-state index in [0.29, 0.717) is 0 Å². The molecule has 18 nitrogen and oxygen atoms in total. The molecule has 9 N–H and O–H groups in total. The number of hydrogen-bond acceptors (Lipinski definition) is 14.